The Hall–Kier alpha value is -2.73. The second-order valence-electron chi connectivity index (χ2n) is 11.1. The first-order valence-corrected chi connectivity index (χ1v) is 13.4. The topological polar surface area (TPSA) is 77.5 Å². The quantitative estimate of drug-likeness (QED) is 0.289. The summed E-state index contributed by atoms with van der Waals surface area (Å²) >= 11 is 4.59. The number of allylic oxidation sites excluding steroid dienone is 4. The Morgan fingerprint density at radius 1 is 1.11 bits per heavy atom. The maximum absolute atomic E-state index is 13.1. The van der Waals surface area contributed by atoms with Gasteiger partial charge in [0, 0.05) is 11.5 Å². The van der Waals surface area contributed by atoms with Gasteiger partial charge in [0.1, 0.15) is 0 Å². The van der Waals surface area contributed by atoms with Crippen LogP contribution in [0.15, 0.2) is 47.1 Å². The lowest BCUT2D eigenvalue weighted by Gasteiger charge is -2.49. The van der Waals surface area contributed by atoms with Crippen molar-refractivity contribution in [2.24, 2.45) is 23.2 Å². The summed E-state index contributed by atoms with van der Waals surface area (Å²) in [4.78, 5) is 49.2. The Labute approximate surface area is 217 Å². The van der Waals surface area contributed by atoms with Crippen LogP contribution >= 0.6 is 12.2 Å². The van der Waals surface area contributed by atoms with E-state index in [1.807, 2.05) is 30.3 Å². The fourth-order valence-corrected chi connectivity index (χ4v) is 7.64. The number of rotatable bonds is 6. The molecular formula is C30H32O5S. The van der Waals surface area contributed by atoms with Crippen LogP contribution < -0.4 is 0 Å². The van der Waals surface area contributed by atoms with Gasteiger partial charge < -0.3 is 4.74 Å². The smallest absolute Gasteiger partial charge is 0.342 e. The molecule has 0 aliphatic heterocycles. The van der Waals surface area contributed by atoms with E-state index in [0.717, 1.165) is 55.9 Å². The van der Waals surface area contributed by atoms with Crippen molar-refractivity contribution in [3.63, 3.8) is 0 Å². The Balaban J connectivity index is 1.39. The van der Waals surface area contributed by atoms with E-state index in [1.165, 1.54) is 16.7 Å². The highest BCUT2D eigenvalue weighted by Crippen LogP contribution is 2.62. The van der Waals surface area contributed by atoms with Crippen molar-refractivity contribution >= 4 is 40.9 Å². The fraction of sp³-hybridized carbons (Fsp3) is 0.500. The standard InChI is InChI=1S/C30H32O5S/c1-17(31)18-3-5-19(6-4-18)24-14-23-20(13-27(24)32)7-8-22-21(23)11-12-30(2)25(22)9-10-26(30)28(33)15-35-29(34)16-36/h3-6,13,16,22,24-26H,7-12,14-15H2,1-2H3/t22-,24?,25+,26-,30+/m1/s1. The van der Waals surface area contributed by atoms with Gasteiger partial charge in [-0.25, -0.2) is 4.79 Å². The van der Waals surface area contributed by atoms with E-state index in [0.29, 0.717) is 17.4 Å². The minimum atomic E-state index is -0.627. The van der Waals surface area contributed by atoms with Crippen molar-refractivity contribution in [2.45, 2.75) is 64.7 Å². The summed E-state index contributed by atoms with van der Waals surface area (Å²) in [5.41, 5.74) is 5.58. The first-order valence-electron chi connectivity index (χ1n) is 12.9. The molecule has 2 saturated carbocycles. The van der Waals surface area contributed by atoms with E-state index >= 15 is 0 Å². The van der Waals surface area contributed by atoms with Crippen LogP contribution in [0.5, 0.6) is 0 Å². The largest absolute Gasteiger partial charge is 0.454 e. The van der Waals surface area contributed by atoms with Crippen LogP contribution in [-0.4, -0.2) is 35.3 Å². The number of hydrogen-bond acceptors (Lipinski definition) is 6. The highest BCUT2D eigenvalue weighted by molar-refractivity contribution is 7.80. The van der Waals surface area contributed by atoms with E-state index in [2.05, 4.69) is 19.1 Å². The molecule has 0 spiro atoms. The highest BCUT2D eigenvalue weighted by Gasteiger charge is 2.55. The molecule has 4 aliphatic rings. The van der Waals surface area contributed by atoms with Crippen LogP contribution in [0.1, 0.15) is 80.6 Å². The first kappa shape index (κ1) is 24.9. The first-order chi connectivity index (χ1) is 17.2. The second-order valence-corrected chi connectivity index (χ2v) is 11.3. The Morgan fingerprint density at radius 3 is 2.56 bits per heavy atom. The molecule has 4 aliphatic carbocycles. The molecule has 5 rings (SSSR count). The van der Waals surface area contributed by atoms with E-state index in [-0.39, 0.29) is 41.2 Å². The predicted molar refractivity (Wildman–Crippen MR) is 140 cm³/mol. The van der Waals surface area contributed by atoms with Gasteiger partial charge in [0.05, 0.1) is 11.3 Å². The Bertz CT molecular complexity index is 1210. The molecule has 0 N–H and O–H groups in total. The van der Waals surface area contributed by atoms with E-state index < -0.39 is 5.97 Å². The number of carbonyl (C=O) groups excluding carboxylic acids is 4. The van der Waals surface area contributed by atoms with Crippen molar-refractivity contribution in [3.8, 4) is 0 Å². The maximum Gasteiger partial charge on any atom is 0.342 e. The third-order valence-corrected chi connectivity index (χ3v) is 9.60. The van der Waals surface area contributed by atoms with Crippen LogP contribution in [0.3, 0.4) is 0 Å². The molecule has 1 aromatic rings. The van der Waals surface area contributed by atoms with Gasteiger partial charge in [-0.1, -0.05) is 49.0 Å². The minimum absolute atomic E-state index is 0.00929. The van der Waals surface area contributed by atoms with Crippen molar-refractivity contribution in [1.29, 1.82) is 0 Å². The number of carbonyl (C=O) groups is 4. The molecule has 0 heterocycles. The van der Waals surface area contributed by atoms with Gasteiger partial charge in [-0.3, -0.25) is 14.4 Å². The van der Waals surface area contributed by atoms with Gasteiger partial charge in [-0.15, -0.1) is 0 Å². The predicted octanol–water partition coefficient (Wildman–Crippen LogP) is 5.52. The number of benzene rings is 1. The summed E-state index contributed by atoms with van der Waals surface area (Å²) in [6.45, 7) is 3.61. The molecule has 36 heavy (non-hydrogen) atoms. The van der Waals surface area contributed by atoms with Gasteiger partial charge in [0.25, 0.3) is 0 Å². The minimum Gasteiger partial charge on any atom is -0.454 e. The van der Waals surface area contributed by atoms with E-state index in [9.17, 15) is 19.2 Å². The third-order valence-electron chi connectivity index (χ3n) is 9.40. The molecular weight excluding hydrogens is 472 g/mol. The molecule has 188 valence electrons. The zero-order chi connectivity index (χ0) is 25.6. The fourth-order valence-electron chi connectivity index (χ4n) is 7.57. The van der Waals surface area contributed by atoms with Gasteiger partial charge >= 0.3 is 5.97 Å². The van der Waals surface area contributed by atoms with Crippen LogP contribution in [0.25, 0.3) is 0 Å². The van der Waals surface area contributed by atoms with Crippen LogP contribution in [-0.2, 0) is 19.1 Å². The average molecular weight is 505 g/mol. The molecule has 0 amide bonds. The zero-order valence-electron chi connectivity index (χ0n) is 20.9. The summed E-state index contributed by atoms with van der Waals surface area (Å²) in [5.74, 6) is 0.119. The SMILES string of the molecule is CC(=O)c1ccc(C2CC3=C4CC[C@]5(C)[C@@H](C(=O)COC(=O)C=S)CC[C@H]5[C@@H]4CCC3=CC2=O)cc1. The summed E-state index contributed by atoms with van der Waals surface area (Å²) in [6, 6.07) is 7.48. The van der Waals surface area contributed by atoms with Gasteiger partial charge in [-0.2, -0.15) is 0 Å². The number of Topliss-reactive ketones (excluding diaryl/α,β-unsaturated/α-hetero) is 2. The lowest BCUT2D eigenvalue weighted by Crippen LogP contribution is -2.43. The maximum atomic E-state index is 13.1. The summed E-state index contributed by atoms with van der Waals surface area (Å²) in [6.07, 6.45) is 8.23. The summed E-state index contributed by atoms with van der Waals surface area (Å²) in [7, 11) is 0. The molecule has 1 aromatic carbocycles. The summed E-state index contributed by atoms with van der Waals surface area (Å²) in [5, 5.41) is 0.929. The van der Waals surface area contributed by atoms with Crippen LogP contribution in [0.4, 0.5) is 0 Å². The van der Waals surface area contributed by atoms with Gasteiger partial charge in [0.2, 0.25) is 0 Å². The number of ketones is 3. The van der Waals surface area contributed by atoms with Crippen LogP contribution in [0.2, 0.25) is 0 Å². The molecule has 0 aromatic heterocycles. The second kappa shape index (κ2) is 9.62. The highest BCUT2D eigenvalue weighted by atomic mass is 32.1. The molecule has 2 fully saturated rings. The average Bonchev–Trinajstić information content (AvgIpc) is 3.23. The molecule has 0 saturated heterocycles. The number of esters is 1. The van der Waals surface area contributed by atoms with Crippen molar-refractivity contribution in [1.82, 2.24) is 0 Å². The molecule has 1 unspecified atom stereocenters. The monoisotopic (exact) mass is 504 g/mol. The van der Waals surface area contributed by atoms with Crippen molar-refractivity contribution in [3.05, 3.63) is 58.2 Å². The van der Waals surface area contributed by atoms with Crippen molar-refractivity contribution in [2.75, 3.05) is 6.61 Å². The van der Waals surface area contributed by atoms with E-state index in [4.69, 9.17) is 4.74 Å². The summed E-state index contributed by atoms with van der Waals surface area (Å²) < 4.78 is 5.04. The third kappa shape index (κ3) is 4.23. The van der Waals surface area contributed by atoms with Crippen LogP contribution in [0, 0.1) is 23.2 Å². The normalized spacial score (nSPS) is 31.1. The van der Waals surface area contributed by atoms with Gasteiger partial charge in [-0.05, 0) is 91.9 Å². The number of ether oxygens (including phenoxy) is 1. The molecule has 5 atom stereocenters. The number of hydrogen-bond donors (Lipinski definition) is 0. The van der Waals surface area contributed by atoms with E-state index in [1.54, 1.807) is 6.92 Å². The lowest BCUT2D eigenvalue weighted by atomic mass is 9.55. The Morgan fingerprint density at radius 2 is 1.86 bits per heavy atom. The number of fused-ring (bicyclic) bond motifs is 4. The van der Waals surface area contributed by atoms with Gasteiger partial charge in [0.15, 0.2) is 24.0 Å². The van der Waals surface area contributed by atoms with Crippen molar-refractivity contribution < 1.29 is 23.9 Å². The number of thiocarbonyl (C=S) groups is 1. The molecule has 5 nitrogen and oxygen atoms in total. The molecule has 6 heteroatoms. The molecule has 0 radical (unpaired) electrons. The zero-order valence-corrected chi connectivity index (χ0v) is 21.7. The lowest BCUT2D eigenvalue weighted by molar-refractivity contribution is -0.144. The Kier molecular flexibility index (Phi) is 6.67. The molecule has 0 bridgehead atoms.